The van der Waals surface area contributed by atoms with Gasteiger partial charge in [-0.25, -0.2) is 15.0 Å². The highest BCUT2D eigenvalue weighted by Gasteiger charge is 2.08. The van der Waals surface area contributed by atoms with Crippen molar-refractivity contribution in [1.82, 2.24) is 15.0 Å². The topological polar surface area (TPSA) is 75.5 Å². The van der Waals surface area contributed by atoms with Gasteiger partial charge in [-0.1, -0.05) is 11.2 Å². The summed E-state index contributed by atoms with van der Waals surface area (Å²) in [6.45, 7) is 1.92. The zero-order valence-corrected chi connectivity index (χ0v) is 15.9. The minimum atomic E-state index is 0.697. The maximum atomic E-state index is 4.84. The number of rotatable bonds is 6. The van der Waals surface area contributed by atoms with E-state index in [4.69, 9.17) is 4.84 Å². The van der Waals surface area contributed by atoms with E-state index in [1.165, 1.54) is 6.33 Å². The molecule has 3 aromatic heterocycles. The summed E-state index contributed by atoms with van der Waals surface area (Å²) >= 11 is 1.62. The molecule has 0 radical (unpaired) electrons. The zero-order chi connectivity index (χ0) is 18.5. The molecule has 0 spiro atoms. The van der Waals surface area contributed by atoms with Crippen molar-refractivity contribution >= 4 is 34.5 Å². The number of nitrogens with one attached hydrogen (secondary N) is 1. The molecule has 134 valence electrons. The Hall–Kier alpha value is -3.00. The molecular formula is C18H20N6OS. The van der Waals surface area contributed by atoms with Gasteiger partial charge in [0.15, 0.2) is 0 Å². The molecule has 0 aliphatic carbocycles. The molecule has 0 saturated heterocycles. The minimum Gasteiger partial charge on any atom is -0.399 e. The van der Waals surface area contributed by atoms with Gasteiger partial charge in [-0.3, -0.25) is 0 Å². The molecule has 0 aromatic carbocycles. The monoisotopic (exact) mass is 368 g/mol. The number of pyridine rings is 1. The van der Waals surface area contributed by atoms with E-state index in [1.54, 1.807) is 18.4 Å². The predicted molar refractivity (Wildman–Crippen MR) is 106 cm³/mol. The summed E-state index contributed by atoms with van der Waals surface area (Å²) in [6.07, 6.45) is 1.53. The van der Waals surface area contributed by atoms with Crippen LogP contribution < -0.4 is 10.2 Å². The fraction of sp³-hybridized carbons (Fsp3) is 0.222. The largest absolute Gasteiger partial charge is 0.399 e. The van der Waals surface area contributed by atoms with E-state index >= 15 is 0 Å². The summed E-state index contributed by atoms with van der Waals surface area (Å²) in [5.41, 5.74) is 1.73. The van der Waals surface area contributed by atoms with E-state index in [0.717, 1.165) is 32.8 Å². The Morgan fingerprint density at radius 1 is 1.15 bits per heavy atom. The Labute approximate surface area is 156 Å². The van der Waals surface area contributed by atoms with Crippen LogP contribution >= 0.6 is 11.3 Å². The van der Waals surface area contributed by atoms with Crippen molar-refractivity contribution < 1.29 is 4.84 Å². The van der Waals surface area contributed by atoms with Crippen LogP contribution in [0.1, 0.15) is 11.8 Å². The van der Waals surface area contributed by atoms with E-state index in [9.17, 15) is 0 Å². The molecule has 3 aromatic rings. The maximum absolute atomic E-state index is 4.84. The average Bonchev–Trinajstić information content (AvgIpc) is 3.13. The summed E-state index contributed by atoms with van der Waals surface area (Å²) in [5.74, 6) is 2.25. The van der Waals surface area contributed by atoms with Gasteiger partial charge in [0, 0.05) is 20.2 Å². The average molecular weight is 368 g/mol. The molecule has 7 nitrogen and oxygen atoms in total. The van der Waals surface area contributed by atoms with E-state index in [2.05, 4.69) is 25.4 Å². The summed E-state index contributed by atoms with van der Waals surface area (Å²) in [5, 5.41) is 7.21. The van der Waals surface area contributed by atoms with Crippen LogP contribution in [0.3, 0.4) is 0 Å². The zero-order valence-electron chi connectivity index (χ0n) is 15.1. The van der Waals surface area contributed by atoms with Crippen molar-refractivity contribution in [1.29, 1.82) is 0 Å². The molecule has 8 heteroatoms. The highest BCUT2D eigenvalue weighted by molar-refractivity contribution is 7.17. The SMILES string of the molecule is CO/N=C(\C)c1ccc(-c2cccc(Nc3cc(N(C)C)ncn3)n2)s1. The maximum Gasteiger partial charge on any atom is 0.137 e. The van der Waals surface area contributed by atoms with Crippen molar-refractivity contribution in [2.45, 2.75) is 6.92 Å². The Morgan fingerprint density at radius 2 is 2.00 bits per heavy atom. The van der Waals surface area contributed by atoms with Crippen molar-refractivity contribution in [2.75, 3.05) is 31.4 Å². The van der Waals surface area contributed by atoms with Gasteiger partial charge < -0.3 is 15.1 Å². The van der Waals surface area contributed by atoms with E-state index < -0.39 is 0 Å². The number of nitrogens with zero attached hydrogens (tertiary/aromatic N) is 5. The van der Waals surface area contributed by atoms with Crippen LogP contribution in [0.4, 0.5) is 17.5 Å². The van der Waals surface area contributed by atoms with Crippen molar-refractivity contribution in [2.24, 2.45) is 5.16 Å². The summed E-state index contributed by atoms with van der Waals surface area (Å²) in [6, 6.07) is 11.8. The van der Waals surface area contributed by atoms with Crippen LogP contribution in [0.5, 0.6) is 0 Å². The van der Waals surface area contributed by atoms with Gasteiger partial charge in [0.1, 0.15) is 30.9 Å². The number of anilines is 3. The molecule has 0 atom stereocenters. The first-order chi connectivity index (χ1) is 12.6. The molecule has 3 rings (SSSR count). The van der Waals surface area contributed by atoms with Crippen LogP contribution in [0, 0.1) is 0 Å². The number of thiophene rings is 1. The molecule has 0 aliphatic rings. The summed E-state index contributed by atoms with van der Waals surface area (Å²) in [7, 11) is 5.42. The molecule has 0 bridgehead atoms. The highest BCUT2D eigenvalue weighted by Crippen LogP contribution is 2.28. The molecule has 3 heterocycles. The normalized spacial score (nSPS) is 11.3. The number of hydrogen-bond donors (Lipinski definition) is 1. The third kappa shape index (κ3) is 4.15. The lowest BCUT2D eigenvalue weighted by Crippen LogP contribution is -2.11. The van der Waals surface area contributed by atoms with E-state index in [0.29, 0.717) is 5.82 Å². The van der Waals surface area contributed by atoms with Gasteiger partial charge in [-0.2, -0.15) is 0 Å². The molecule has 0 amide bonds. The van der Waals surface area contributed by atoms with Crippen LogP contribution in [0.25, 0.3) is 10.6 Å². The second-order valence-corrected chi connectivity index (χ2v) is 6.80. The Morgan fingerprint density at radius 3 is 2.77 bits per heavy atom. The second kappa shape index (κ2) is 7.92. The lowest BCUT2D eigenvalue weighted by Gasteiger charge is -2.12. The van der Waals surface area contributed by atoms with Gasteiger partial charge in [0.2, 0.25) is 0 Å². The van der Waals surface area contributed by atoms with Gasteiger partial charge in [-0.15, -0.1) is 11.3 Å². The lowest BCUT2D eigenvalue weighted by molar-refractivity contribution is 0.213. The second-order valence-electron chi connectivity index (χ2n) is 5.71. The third-order valence-electron chi connectivity index (χ3n) is 3.56. The van der Waals surface area contributed by atoms with Gasteiger partial charge in [0.25, 0.3) is 0 Å². The molecule has 26 heavy (non-hydrogen) atoms. The number of oxime groups is 1. The Balaban J connectivity index is 1.83. The smallest absolute Gasteiger partial charge is 0.137 e. The molecule has 1 N–H and O–H groups in total. The fourth-order valence-electron chi connectivity index (χ4n) is 2.28. The van der Waals surface area contributed by atoms with Crippen molar-refractivity contribution in [3.8, 4) is 10.6 Å². The third-order valence-corrected chi connectivity index (χ3v) is 4.78. The van der Waals surface area contributed by atoms with Crippen molar-refractivity contribution in [3.05, 3.63) is 47.6 Å². The fourth-order valence-corrected chi connectivity index (χ4v) is 3.20. The van der Waals surface area contributed by atoms with Crippen LogP contribution in [0.15, 0.2) is 47.9 Å². The molecule has 0 aliphatic heterocycles. The summed E-state index contributed by atoms with van der Waals surface area (Å²) < 4.78 is 0. The number of hydrogen-bond acceptors (Lipinski definition) is 8. The standard InChI is InChI=1S/C18H20N6OS/c1-12(23-25-4)14-8-9-15(26-14)13-6-5-7-16(21-13)22-17-10-18(24(2)3)20-11-19-17/h5-11H,1-4H3,(H,19,20,21,22)/b23-12+. The van der Waals surface area contributed by atoms with Gasteiger partial charge in [-0.05, 0) is 31.2 Å². The minimum absolute atomic E-state index is 0.697. The predicted octanol–water partition coefficient (Wildman–Crippen LogP) is 3.78. The molecule has 0 unspecified atom stereocenters. The van der Waals surface area contributed by atoms with Crippen LogP contribution in [0.2, 0.25) is 0 Å². The number of aromatic nitrogens is 3. The Kier molecular flexibility index (Phi) is 5.43. The quantitative estimate of drug-likeness (QED) is 0.527. The molecule has 0 saturated carbocycles. The first kappa shape index (κ1) is 17.8. The first-order valence-electron chi connectivity index (χ1n) is 7.98. The van der Waals surface area contributed by atoms with E-state index in [-0.39, 0.29) is 0 Å². The van der Waals surface area contributed by atoms with E-state index in [1.807, 2.05) is 62.3 Å². The lowest BCUT2D eigenvalue weighted by atomic mass is 10.3. The van der Waals surface area contributed by atoms with Crippen LogP contribution in [-0.4, -0.2) is 41.9 Å². The van der Waals surface area contributed by atoms with Gasteiger partial charge >= 0.3 is 0 Å². The van der Waals surface area contributed by atoms with Gasteiger partial charge in [0.05, 0.1) is 21.2 Å². The Bertz CT molecular complexity index is 921. The molecule has 0 fully saturated rings. The van der Waals surface area contributed by atoms with Crippen LogP contribution in [-0.2, 0) is 4.84 Å². The molecular weight excluding hydrogens is 348 g/mol. The summed E-state index contributed by atoms with van der Waals surface area (Å²) in [4.78, 5) is 22.0. The first-order valence-corrected chi connectivity index (χ1v) is 8.80. The highest BCUT2D eigenvalue weighted by atomic mass is 32.1. The van der Waals surface area contributed by atoms with Crippen molar-refractivity contribution in [3.63, 3.8) is 0 Å².